The molecule has 1 aromatic rings. The summed E-state index contributed by atoms with van der Waals surface area (Å²) >= 11 is 3.60. The van der Waals surface area contributed by atoms with Crippen LogP contribution in [0.5, 0.6) is 5.75 Å². The summed E-state index contributed by atoms with van der Waals surface area (Å²) in [7, 11) is 0. The van der Waals surface area contributed by atoms with Crippen LogP contribution in [-0.4, -0.2) is 6.10 Å². The monoisotopic (exact) mass is 295 g/mol. The Kier molecular flexibility index (Phi) is 2.71. The van der Waals surface area contributed by atoms with Gasteiger partial charge in [0.1, 0.15) is 11.9 Å². The molecule has 0 saturated heterocycles. The van der Waals surface area contributed by atoms with E-state index in [1.807, 2.05) is 0 Å². The van der Waals surface area contributed by atoms with Gasteiger partial charge in [0.25, 0.3) is 0 Å². The average Bonchev–Trinajstić information content (AvgIpc) is 2.83. The smallest absolute Gasteiger partial charge is 0.128 e. The van der Waals surface area contributed by atoms with Gasteiger partial charge in [0.15, 0.2) is 0 Å². The Bertz CT molecular complexity index is 452. The lowest BCUT2D eigenvalue weighted by molar-refractivity contribution is 0.247. The Morgan fingerprint density at radius 2 is 2.06 bits per heavy atom. The summed E-state index contributed by atoms with van der Waals surface area (Å²) in [5.74, 6) is 1.06. The van der Waals surface area contributed by atoms with E-state index in [-0.39, 0.29) is 11.6 Å². The van der Waals surface area contributed by atoms with Gasteiger partial charge in [-0.1, -0.05) is 28.8 Å². The number of hydrogen-bond donors (Lipinski definition) is 1. The number of benzene rings is 1. The second-order valence-corrected chi connectivity index (χ2v) is 6.35. The minimum absolute atomic E-state index is 0.169. The van der Waals surface area contributed by atoms with Crippen LogP contribution in [0.15, 0.2) is 16.6 Å². The van der Waals surface area contributed by atoms with Crippen molar-refractivity contribution in [3.63, 3.8) is 0 Å². The first-order valence-corrected chi connectivity index (χ1v) is 7.16. The summed E-state index contributed by atoms with van der Waals surface area (Å²) < 4.78 is 7.10. The van der Waals surface area contributed by atoms with Gasteiger partial charge in [-0.25, -0.2) is 0 Å². The van der Waals surface area contributed by atoms with Crippen molar-refractivity contribution in [1.82, 2.24) is 0 Å². The van der Waals surface area contributed by atoms with Crippen LogP contribution in [-0.2, 0) is 12.0 Å². The van der Waals surface area contributed by atoms with Gasteiger partial charge in [0.05, 0.1) is 0 Å². The Balaban J connectivity index is 2.11. The molecular formula is C14H18BrNO. The lowest BCUT2D eigenvalue weighted by Crippen LogP contribution is -2.33. The summed E-state index contributed by atoms with van der Waals surface area (Å²) in [6, 6.07) is 4.32. The lowest BCUT2D eigenvalue weighted by Gasteiger charge is -2.26. The molecule has 1 saturated carbocycles. The van der Waals surface area contributed by atoms with E-state index < -0.39 is 0 Å². The van der Waals surface area contributed by atoms with Gasteiger partial charge in [-0.15, -0.1) is 0 Å². The zero-order valence-corrected chi connectivity index (χ0v) is 11.7. The zero-order chi connectivity index (χ0) is 12.0. The molecule has 0 spiro atoms. The summed E-state index contributed by atoms with van der Waals surface area (Å²) in [4.78, 5) is 0. The maximum Gasteiger partial charge on any atom is 0.128 e. The minimum atomic E-state index is -0.169. The number of ether oxygens (including phenoxy) is 1. The molecule has 17 heavy (non-hydrogen) atoms. The number of rotatable bonds is 1. The maximum atomic E-state index is 6.57. The van der Waals surface area contributed by atoms with Crippen LogP contribution in [0.1, 0.15) is 43.7 Å². The van der Waals surface area contributed by atoms with Gasteiger partial charge in [0, 0.05) is 22.0 Å². The zero-order valence-electron chi connectivity index (χ0n) is 10.1. The van der Waals surface area contributed by atoms with E-state index in [1.54, 1.807) is 0 Å². The van der Waals surface area contributed by atoms with Crippen LogP contribution in [0, 0.1) is 0 Å². The Hall–Kier alpha value is -0.540. The molecule has 92 valence electrons. The first kappa shape index (κ1) is 11.5. The molecule has 1 aromatic carbocycles. The number of halogens is 1. The Morgan fingerprint density at radius 3 is 2.76 bits per heavy atom. The molecule has 1 aliphatic heterocycles. The molecule has 1 unspecified atom stereocenters. The lowest BCUT2D eigenvalue weighted by atomic mass is 9.87. The van der Waals surface area contributed by atoms with Crippen molar-refractivity contribution in [2.45, 2.75) is 50.7 Å². The highest BCUT2D eigenvalue weighted by Crippen LogP contribution is 2.45. The van der Waals surface area contributed by atoms with Crippen molar-refractivity contribution >= 4 is 15.9 Å². The standard InChI is InChI=1S/C14H18BrNO/c1-9-6-10-7-11(15)8-12(13(10)17-9)14(16)4-2-3-5-14/h7-9H,2-6,16H2,1H3. The Labute approximate surface area is 111 Å². The van der Waals surface area contributed by atoms with Gasteiger partial charge in [-0.3, -0.25) is 0 Å². The van der Waals surface area contributed by atoms with E-state index in [2.05, 4.69) is 35.0 Å². The van der Waals surface area contributed by atoms with E-state index in [1.165, 1.54) is 24.0 Å². The van der Waals surface area contributed by atoms with Crippen LogP contribution in [0.4, 0.5) is 0 Å². The SMILES string of the molecule is CC1Cc2cc(Br)cc(C3(N)CCCC3)c2O1. The first-order chi connectivity index (χ1) is 8.08. The molecular weight excluding hydrogens is 278 g/mol. The third kappa shape index (κ3) is 1.89. The van der Waals surface area contributed by atoms with Crippen LogP contribution < -0.4 is 10.5 Å². The average molecular weight is 296 g/mol. The molecule has 2 aliphatic rings. The number of fused-ring (bicyclic) bond motifs is 1. The quantitative estimate of drug-likeness (QED) is 0.861. The maximum absolute atomic E-state index is 6.57. The van der Waals surface area contributed by atoms with Crippen LogP contribution in [0.3, 0.4) is 0 Å². The fraction of sp³-hybridized carbons (Fsp3) is 0.571. The normalized spacial score (nSPS) is 25.7. The van der Waals surface area contributed by atoms with E-state index in [0.717, 1.165) is 29.5 Å². The predicted octanol–water partition coefficient (Wildman–Crippen LogP) is 3.50. The summed E-state index contributed by atoms with van der Waals surface area (Å²) in [5, 5.41) is 0. The molecule has 3 heteroatoms. The summed E-state index contributed by atoms with van der Waals surface area (Å²) in [6.07, 6.45) is 5.89. The second kappa shape index (κ2) is 3.99. The molecule has 3 rings (SSSR count). The van der Waals surface area contributed by atoms with Gasteiger partial charge < -0.3 is 10.5 Å². The molecule has 2 nitrogen and oxygen atoms in total. The summed E-state index contributed by atoms with van der Waals surface area (Å²) in [5.41, 5.74) is 8.91. The molecule has 0 aromatic heterocycles. The molecule has 0 amide bonds. The van der Waals surface area contributed by atoms with Gasteiger partial charge in [-0.2, -0.15) is 0 Å². The van der Waals surface area contributed by atoms with E-state index in [0.29, 0.717) is 0 Å². The van der Waals surface area contributed by atoms with Crippen molar-refractivity contribution < 1.29 is 4.74 Å². The summed E-state index contributed by atoms with van der Waals surface area (Å²) in [6.45, 7) is 2.12. The second-order valence-electron chi connectivity index (χ2n) is 5.44. The fourth-order valence-electron chi connectivity index (χ4n) is 3.14. The third-order valence-electron chi connectivity index (χ3n) is 3.99. The minimum Gasteiger partial charge on any atom is -0.490 e. The molecule has 0 bridgehead atoms. The van der Waals surface area contributed by atoms with Crippen LogP contribution in [0.2, 0.25) is 0 Å². The number of hydrogen-bond acceptors (Lipinski definition) is 2. The van der Waals surface area contributed by atoms with E-state index in [9.17, 15) is 0 Å². The molecule has 1 aliphatic carbocycles. The number of nitrogens with two attached hydrogens (primary N) is 1. The third-order valence-corrected chi connectivity index (χ3v) is 4.45. The molecule has 0 radical (unpaired) electrons. The van der Waals surface area contributed by atoms with Crippen LogP contribution >= 0.6 is 15.9 Å². The van der Waals surface area contributed by atoms with Crippen molar-refractivity contribution in [3.05, 3.63) is 27.7 Å². The Morgan fingerprint density at radius 1 is 1.35 bits per heavy atom. The van der Waals surface area contributed by atoms with Gasteiger partial charge in [-0.05, 0) is 37.5 Å². The van der Waals surface area contributed by atoms with Crippen molar-refractivity contribution in [3.8, 4) is 5.75 Å². The van der Waals surface area contributed by atoms with E-state index >= 15 is 0 Å². The van der Waals surface area contributed by atoms with Crippen molar-refractivity contribution in [2.75, 3.05) is 0 Å². The molecule has 1 fully saturated rings. The van der Waals surface area contributed by atoms with E-state index in [4.69, 9.17) is 10.5 Å². The van der Waals surface area contributed by atoms with Crippen LogP contribution in [0.25, 0.3) is 0 Å². The van der Waals surface area contributed by atoms with Gasteiger partial charge in [0.2, 0.25) is 0 Å². The molecule has 1 heterocycles. The highest BCUT2D eigenvalue weighted by Gasteiger charge is 2.37. The highest BCUT2D eigenvalue weighted by molar-refractivity contribution is 9.10. The highest BCUT2D eigenvalue weighted by atomic mass is 79.9. The fourth-order valence-corrected chi connectivity index (χ4v) is 3.64. The van der Waals surface area contributed by atoms with Crippen molar-refractivity contribution in [2.24, 2.45) is 5.73 Å². The predicted molar refractivity (Wildman–Crippen MR) is 72.3 cm³/mol. The largest absolute Gasteiger partial charge is 0.490 e. The van der Waals surface area contributed by atoms with Crippen molar-refractivity contribution in [1.29, 1.82) is 0 Å². The molecule has 1 atom stereocenters. The first-order valence-electron chi connectivity index (χ1n) is 6.37. The molecule has 2 N–H and O–H groups in total. The van der Waals surface area contributed by atoms with Gasteiger partial charge >= 0.3 is 0 Å². The topological polar surface area (TPSA) is 35.2 Å².